The first kappa shape index (κ1) is 18.2. The van der Waals surface area contributed by atoms with Gasteiger partial charge in [-0.2, -0.15) is 0 Å². The van der Waals surface area contributed by atoms with Gasteiger partial charge in [0.1, 0.15) is 0 Å². The fraction of sp³-hybridized carbons (Fsp3) is 0.200. The minimum absolute atomic E-state index is 0.0581. The van der Waals surface area contributed by atoms with Crippen molar-refractivity contribution < 1.29 is 9.59 Å². The zero-order valence-corrected chi connectivity index (χ0v) is 15.7. The van der Waals surface area contributed by atoms with Gasteiger partial charge in [0.25, 0.3) is 0 Å². The van der Waals surface area contributed by atoms with Gasteiger partial charge in [-0.05, 0) is 42.5 Å². The molecule has 1 aliphatic heterocycles. The average Bonchev–Trinajstić information content (AvgIpc) is 2.79. The number of benzene rings is 3. The fourth-order valence-electron chi connectivity index (χ4n) is 3.87. The topological polar surface area (TPSA) is 37.4 Å². The molecule has 0 saturated carbocycles. The lowest BCUT2D eigenvalue weighted by Gasteiger charge is -2.31. The second-order valence-electron chi connectivity index (χ2n) is 7.12. The number of carbonyl (C=O) groups excluding carboxylic acids is 2. The van der Waals surface area contributed by atoms with E-state index in [1.807, 2.05) is 54.8 Å². The second kappa shape index (κ2) is 8.22. The van der Waals surface area contributed by atoms with Crippen LogP contribution in [0.2, 0.25) is 0 Å². The number of piperidine rings is 1. The maximum absolute atomic E-state index is 13.3. The van der Waals surface area contributed by atoms with E-state index in [2.05, 4.69) is 17.0 Å². The molecule has 1 heterocycles. The molecule has 0 aliphatic carbocycles. The standard InChI is InChI=1S/C25H22NO2/c27-18-22-10-7-11-23(24(22)26-16-5-2-6-17-26)25(28)21-14-12-20(13-15-21)19-8-3-1-4-9-19/h1,3-4,7-15H,2,5-6,16-17H2. The summed E-state index contributed by atoms with van der Waals surface area (Å²) in [6.45, 7) is 1.73. The third-order valence-electron chi connectivity index (χ3n) is 5.32. The fourth-order valence-corrected chi connectivity index (χ4v) is 3.87. The molecule has 1 aliphatic rings. The second-order valence-corrected chi connectivity index (χ2v) is 7.12. The normalized spacial score (nSPS) is 13.9. The van der Waals surface area contributed by atoms with Crippen LogP contribution in [-0.4, -0.2) is 25.2 Å². The summed E-state index contributed by atoms with van der Waals surface area (Å²) >= 11 is 0. The predicted molar refractivity (Wildman–Crippen MR) is 113 cm³/mol. The van der Waals surface area contributed by atoms with E-state index in [0.29, 0.717) is 16.7 Å². The van der Waals surface area contributed by atoms with Crippen molar-refractivity contribution in [1.82, 2.24) is 0 Å². The van der Waals surface area contributed by atoms with Crippen molar-refractivity contribution in [1.29, 1.82) is 0 Å². The number of nitrogens with zero attached hydrogens (tertiary/aromatic N) is 1. The summed E-state index contributed by atoms with van der Waals surface area (Å²) in [6, 6.07) is 23.1. The van der Waals surface area contributed by atoms with E-state index >= 15 is 0 Å². The summed E-state index contributed by atoms with van der Waals surface area (Å²) in [5, 5.41) is 0. The molecule has 0 aromatic heterocycles. The van der Waals surface area contributed by atoms with Crippen LogP contribution >= 0.6 is 0 Å². The Kier molecular flexibility index (Phi) is 5.34. The molecule has 1 saturated heterocycles. The lowest BCUT2D eigenvalue weighted by molar-refractivity contribution is 0.103. The van der Waals surface area contributed by atoms with Crippen molar-refractivity contribution in [2.75, 3.05) is 18.0 Å². The summed E-state index contributed by atoms with van der Waals surface area (Å²) in [5.74, 6) is -0.0581. The van der Waals surface area contributed by atoms with Gasteiger partial charge in [0.15, 0.2) is 5.78 Å². The molecule has 28 heavy (non-hydrogen) atoms. The smallest absolute Gasteiger partial charge is 0.235 e. The van der Waals surface area contributed by atoms with Crippen LogP contribution in [-0.2, 0) is 4.79 Å². The van der Waals surface area contributed by atoms with Gasteiger partial charge in [0, 0.05) is 24.2 Å². The average molecular weight is 368 g/mol. The molecule has 0 atom stereocenters. The number of hydrogen-bond donors (Lipinski definition) is 0. The monoisotopic (exact) mass is 368 g/mol. The van der Waals surface area contributed by atoms with Crippen LogP contribution in [0.3, 0.4) is 0 Å². The van der Waals surface area contributed by atoms with Crippen LogP contribution in [0.15, 0.2) is 72.8 Å². The van der Waals surface area contributed by atoms with Crippen molar-refractivity contribution >= 4 is 17.8 Å². The summed E-state index contributed by atoms with van der Waals surface area (Å²) in [7, 11) is 0. The van der Waals surface area contributed by atoms with Crippen molar-refractivity contribution in [3.05, 3.63) is 89.5 Å². The van der Waals surface area contributed by atoms with E-state index in [1.165, 1.54) is 6.42 Å². The number of para-hydroxylation sites is 1. The van der Waals surface area contributed by atoms with Gasteiger partial charge in [-0.25, -0.2) is 0 Å². The zero-order valence-electron chi connectivity index (χ0n) is 15.7. The third-order valence-corrected chi connectivity index (χ3v) is 5.32. The van der Waals surface area contributed by atoms with Crippen molar-refractivity contribution in [3.8, 4) is 11.1 Å². The molecule has 0 bridgehead atoms. The van der Waals surface area contributed by atoms with Gasteiger partial charge < -0.3 is 4.90 Å². The largest absolute Gasteiger partial charge is 0.370 e. The lowest BCUT2D eigenvalue weighted by atomic mass is 9.95. The van der Waals surface area contributed by atoms with Crippen LogP contribution in [0.5, 0.6) is 0 Å². The summed E-state index contributed by atoms with van der Waals surface area (Å²) in [4.78, 5) is 27.0. The maximum Gasteiger partial charge on any atom is 0.235 e. The molecular weight excluding hydrogens is 346 g/mol. The quantitative estimate of drug-likeness (QED) is 0.593. The molecule has 3 aromatic carbocycles. The molecule has 3 aromatic rings. The predicted octanol–water partition coefficient (Wildman–Crippen LogP) is 5.03. The highest BCUT2D eigenvalue weighted by atomic mass is 16.1. The molecule has 0 amide bonds. The van der Waals surface area contributed by atoms with Gasteiger partial charge in [-0.1, -0.05) is 60.7 Å². The molecule has 3 heteroatoms. The Morgan fingerprint density at radius 1 is 0.750 bits per heavy atom. The number of rotatable bonds is 5. The van der Waals surface area contributed by atoms with Crippen LogP contribution in [0, 0.1) is 0 Å². The minimum Gasteiger partial charge on any atom is -0.370 e. The number of carbonyl (C=O) groups is 1. The van der Waals surface area contributed by atoms with E-state index in [0.717, 1.165) is 42.7 Å². The van der Waals surface area contributed by atoms with Gasteiger partial charge in [-0.3, -0.25) is 9.59 Å². The lowest BCUT2D eigenvalue weighted by Crippen LogP contribution is -2.31. The number of ketones is 1. The van der Waals surface area contributed by atoms with Gasteiger partial charge in [0.2, 0.25) is 6.29 Å². The van der Waals surface area contributed by atoms with Gasteiger partial charge in [-0.15, -0.1) is 0 Å². The summed E-state index contributed by atoms with van der Waals surface area (Å²) < 4.78 is 0. The Labute approximate surface area is 165 Å². The van der Waals surface area contributed by atoms with E-state index in [4.69, 9.17) is 0 Å². The molecule has 1 fully saturated rings. The molecule has 0 spiro atoms. The number of hydrogen-bond acceptors (Lipinski definition) is 3. The summed E-state index contributed by atoms with van der Waals surface area (Å²) in [6.07, 6.45) is 5.37. The van der Waals surface area contributed by atoms with Crippen molar-refractivity contribution in [2.45, 2.75) is 19.3 Å². The molecule has 0 N–H and O–H groups in total. The Balaban J connectivity index is 1.69. The maximum atomic E-state index is 13.3. The summed E-state index contributed by atoms with van der Waals surface area (Å²) in [5.41, 5.74) is 4.59. The van der Waals surface area contributed by atoms with E-state index < -0.39 is 0 Å². The van der Waals surface area contributed by atoms with Crippen molar-refractivity contribution in [2.24, 2.45) is 0 Å². The molecule has 3 nitrogen and oxygen atoms in total. The van der Waals surface area contributed by atoms with Crippen LogP contribution < -0.4 is 4.90 Å². The molecule has 139 valence electrons. The SMILES string of the molecule is O=[C]c1cccc(C(=O)c2ccc(-c3ccccc3)cc2)c1N1CCCCC1. The van der Waals surface area contributed by atoms with Crippen LogP contribution in [0.4, 0.5) is 5.69 Å². The highest BCUT2D eigenvalue weighted by Gasteiger charge is 2.22. The third kappa shape index (κ3) is 3.61. The Morgan fingerprint density at radius 3 is 2.11 bits per heavy atom. The molecular formula is C25H22NO2. The number of anilines is 1. The zero-order chi connectivity index (χ0) is 19.3. The Bertz CT molecular complexity index is 971. The highest BCUT2D eigenvalue weighted by Crippen LogP contribution is 2.30. The van der Waals surface area contributed by atoms with E-state index in [1.54, 1.807) is 12.1 Å². The molecule has 4 rings (SSSR count). The van der Waals surface area contributed by atoms with Gasteiger partial charge in [0.05, 0.1) is 11.3 Å². The van der Waals surface area contributed by atoms with E-state index in [-0.39, 0.29) is 5.78 Å². The first-order chi connectivity index (χ1) is 13.8. The highest BCUT2D eigenvalue weighted by molar-refractivity contribution is 6.14. The molecule has 0 unspecified atom stereocenters. The Morgan fingerprint density at radius 2 is 1.43 bits per heavy atom. The first-order valence-corrected chi connectivity index (χ1v) is 9.74. The van der Waals surface area contributed by atoms with Crippen molar-refractivity contribution in [3.63, 3.8) is 0 Å². The Hall–Kier alpha value is -3.20. The van der Waals surface area contributed by atoms with Gasteiger partial charge >= 0.3 is 0 Å². The molecule has 1 radical (unpaired) electrons. The van der Waals surface area contributed by atoms with Crippen LogP contribution in [0.1, 0.15) is 40.7 Å². The van der Waals surface area contributed by atoms with E-state index in [9.17, 15) is 9.59 Å². The first-order valence-electron chi connectivity index (χ1n) is 9.74. The van der Waals surface area contributed by atoms with Crippen LogP contribution in [0.25, 0.3) is 11.1 Å². The minimum atomic E-state index is -0.0581.